The van der Waals surface area contributed by atoms with Crippen molar-refractivity contribution in [3.8, 4) is 11.8 Å². The Hall–Kier alpha value is -3.72. The third kappa shape index (κ3) is 4.96. The number of hydrogen-bond donors (Lipinski definition) is 1. The largest absolute Gasteiger partial charge is 0.355 e. The number of benzene rings is 1. The van der Waals surface area contributed by atoms with Crippen LogP contribution in [0.2, 0.25) is 0 Å². The number of carbonyl (C=O) groups is 1. The minimum absolute atomic E-state index is 0.0217. The van der Waals surface area contributed by atoms with Crippen LogP contribution < -0.4 is 10.2 Å². The fourth-order valence-corrected chi connectivity index (χ4v) is 3.35. The molecule has 1 amide bonds. The highest BCUT2D eigenvalue weighted by Gasteiger charge is 2.26. The first kappa shape index (κ1) is 18.6. The molecule has 0 bridgehead atoms. The molecule has 1 saturated heterocycles. The molecule has 0 aliphatic carbocycles. The van der Waals surface area contributed by atoms with Crippen LogP contribution in [0.15, 0.2) is 67.3 Å². The van der Waals surface area contributed by atoms with Crippen molar-refractivity contribution in [1.29, 1.82) is 0 Å². The lowest BCUT2D eigenvalue weighted by Crippen LogP contribution is -2.41. The first-order chi connectivity index (χ1) is 14.3. The lowest BCUT2D eigenvalue weighted by atomic mass is 9.97. The molecule has 0 saturated carbocycles. The maximum absolute atomic E-state index is 12.8. The Bertz CT molecular complexity index is 1030. The number of nitrogens with zero attached hydrogens (tertiary/aromatic N) is 4. The maximum Gasteiger partial charge on any atom is 0.229 e. The number of piperidine rings is 1. The van der Waals surface area contributed by atoms with Crippen LogP contribution in [0, 0.1) is 17.8 Å². The van der Waals surface area contributed by atoms with E-state index in [0.29, 0.717) is 12.2 Å². The van der Waals surface area contributed by atoms with E-state index in [9.17, 15) is 4.79 Å². The zero-order chi connectivity index (χ0) is 19.9. The highest BCUT2D eigenvalue weighted by atomic mass is 16.1. The van der Waals surface area contributed by atoms with E-state index in [1.807, 2.05) is 42.5 Å². The van der Waals surface area contributed by atoms with E-state index < -0.39 is 0 Å². The van der Waals surface area contributed by atoms with Crippen LogP contribution in [0.1, 0.15) is 24.1 Å². The third-order valence-electron chi connectivity index (χ3n) is 4.80. The zero-order valence-electron chi connectivity index (χ0n) is 16.0. The van der Waals surface area contributed by atoms with Crippen molar-refractivity contribution in [3.63, 3.8) is 0 Å². The lowest BCUT2D eigenvalue weighted by Gasteiger charge is -2.32. The van der Waals surface area contributed by atoms with Gasteiger partial charge in [-0.15, -0.1) is 0 Å². The van der Waals surface area contributed by atoms with Crippen molar-refractivity contribution in [2.75, 3.05) is 23.3 Å². The number of aromatic nitrogens is 3. The molecule has 29 heavy (non-hydrogen) atoms. The molecule has 3 aromatic rings. The fraction of sp³-hybridized carbons (Fsp3) is 0.217. The Morgan fingerprint density at radius 1 is 1.07 bits per heavy atom. The summed E-state index contributed by atoms with van der Waals surface area (Å²) in [5.41, 5.74) is 2.30. The molecule has 6 heteroatoms. The quantitative estimate of drug-likeness (QED) is 0.704. The first-order valence-corrected chi connectivity index (χ1v) is 9.63. The highest BCUT2D eigenvalue weighted by Crippen LogP contribution is 2.22. The summed E-state index contributed by atoms with van der Waals surface area (Å²) in [6.07, 6.45) is 8.60. The molecule has 0 unspecified atom stereocenters. The van der Waals surface area contributed by atoms with Crippen LogP contribution in [0.4, 0.5) is 11.5 Å². The van der Waals surface area contributed by atoms with Gasteiger partial charge in [0.05, 0.1) is 12.1 Å². The standard InChI is InChI=1S/C23H21N5O/c29-23(19-6-4-14-28(17-19)22-16-24-12-13-26-22)27-21-8-3-5-18(15-21)9-10-20-7-1-2-11-25-20/h1-3,5,7-8,11-13,15-16,19H,4,6,14,17H2,(H,27,29)/t19-/m0/s1. The van der Waals surface area contributed by atoms with Gasteiger partial charge in [0.25, 0.3) is 0 Å². The molecule has 6 nitrogen and oxygen atoms in total. The van der Waals surface area contributed by atoms with Gasteiger partial charge in [-0.05, 0) is 49.1 Å². The maximum atomic E-state index is 12.8. The van der Waals surface area contributed by atoms with Crippen LogP contribution in [0.3, 0.4) is 0 Å². The molecule has 1 atom stereocenters. The van der Waals surface area contributed by atoms with E-state index in [2.05, 4.69) is 37.0 Å². The van der Waals surface area contributed by atoms with Crippen molar-refractivity contribution in [2.45, 2.75) is 12.8 Å². The van der Waals surface area contributed by atoms with Gasteiger partial charge in [0.15, 0.2) is 0 Å². The predicted molar refractivity (Wildman–Crippen MR) is 112 cm³/mol. The van der Waals surface area contributed by atoms with Gasteiger partial charge in [-0.1, -0.05) is 18.1 Å². The van der Waals surface area contributed by atoms with Crippen LogP contribution in [0.5, 0.6) is 0 Å². The number of nitrogens with one attached hydrogen (secondary N) is 1. The van der Waals surface area contributed by atoms with Crippen LogP contribution >= 0.6 is 0 Å². The van der Waals surface area contributed by atoms with E-state index >= 15 is 0 Å². The summed E-state index contributed by atoms with van der Waals surface area (Å²) in [7, 11) is 0. The van der Waals surface area contributed by atoms with E-state index in [-0.39, 0.29) is 11.8 Å². The molecule has 1 aromatic carbocycles. The Morgan fingerprint density at radius 2 is 2.03 bits per heavy atom. The summed E-state index contributed by atoms with van der Waals surface area (Å²) in [5.74, 6) is 6.88. The van der Waals surface area contributed by atoms with Gasteiger partial charge in [0.2, 0.25) is 5.91 Å². The van der Waals surface area contributed by atoms with Gasteiger partial charge < -0.3 is 10.2 Å². The van der Waals surface area contributed by atoms with Gasteiger partial charge >= 0.3 is 0 Å². The highest BCUT2D eigenvalue weighted by molar-refractivity contribution is 5.93. The van der Waals surface area contributed by atoms with Gasteiger partial charge in [-0.25, -0.2) is 9.97 Å². The Balaban J connectivity index is 1.41. The van der Waals surface area contributed by atoms with Crippen LogP contribution in [-0.2, 0) is 4.79 Å². The molecule has 2 aromatic heterocycles. The van der Waals surface area contributed by atoms with Crippen molar-refractivity contribution >= 4 is 17.4 Å². The van der Waals surface area contributed by atoms with Gasteiger partial charge in [-0.2, -0.15) is 0 Å². The number of pyridine rings is 1. The molecule has 1 aliphatic rings. The molecule has 0 spiro atoms. The Morgan fingerprint density at radius 3 is 2.86 bits per heavy atom. The molecule has 3 heterocycles. The Labute approximate surface area is 170 Å². The molecule has 1 aliphatic heterocycles. The smallest absolute Gasteiger partial charge is 0.229 e. The first-order valence-electron chi connectivity index (χ1n) is 9.63. The number of rotatable bonds is 3. The third-order valence-corrected chi connectivity index (χ3v) is 4.80. The van der Waals surface area contributed by atoms with Gasteiger partial charge in [0, 0.05) is 42.9 Å². The summed E-state index contributed by atoms with van der Waals surface area (Å²) in [6, 6.07) is 13.2. The number of hydrogen-bond acceptors (Lipinski definition) is 5. The fourth-order valence-electron chi connectivity index (χ4n) is 3.35. The van der Waals surface area contributed by atoms with E-state index in [1.54, 1.807) is 24.8 Å². The Kier molecular flexibility index (Phi) is 5.77. The normalized spacial score (nSPS) is 15.9. The SMILES string of the molecule is O=C(Nc1cccc(C#Cc2ccccn2)c1)[C@H]1CCCN(c2cnccn2)C1. The number of carbonyl (C=O) groups excluding carboxylic acids is 1. The van der Waals surface area contributed by atoms with E-state index in [4.69, 9.17) is 0 Å². The number of anilines is 2. The van der Waals surface area contributed by atoms with E-state index in [1.165, 1.54) is 0 Å². The monoisotopic (exact) mass is 383 g/mol. The summed E-state index contributed by atoms with van der Waals surface area (Å²) in [6.45, 7) is 1.53. The average molecular weight is 383 g/mol. The van der Waals surface area contributed by atoms with Crippen LogP contribution in [0.25, 0.3) is 0 Å². The summed E-state index contributed by atoms with van der Waals surface area (Å²) in [4.78, 5) is 27.6. The molecule has 0 radical (unpaired) electrons. The summed E-state index contributed by atoms with van der Waals surface area (Å²) >= 11 is 0. The molecular weight excluding hydrogens is 362 g/mol. The van der Waals surface area contributed by atoms with Gasteiger partial charge in [0.1, 0.15) is 11.5 Å². The minimum atomic E-state index is -0.0889. The van der Waals surface area contributed by atoms with Crippen molar-refractivity contribution < 1.29 is 4.79 Å². The molecule has 4 rings (SSSR count). The van der Waals surface area contributed by atoms with Crippen molar-refractivity contribution in [2.24, 2.45) is 5.92 Å². The molecule has 144 valence electrons. The lowest BCUT2D eigenvalue weighted by molar-refractivity contribution is -0.120. The van der Waals surface area contributed by atoms with Crippen LogP contribution in [-0.4, -0.2) is 33.9 Å². The second-order valence-electron chi connectivity index (χ2n) is 6.88. The van der Waals surface area contributed by atoms with Crippen molar-refractivity contribution in [3.05, 3.63) is 78.5 Å². The molecule has 1 fully saturated rings. The van der Waals surface area contributed by atoms with E-state index in [0.717, 1.165) is 36.5 Å². The predicted octanol–water partition coefficient (Wildman–Crippen LogP) is 3.13. The molecular formula is C23H21N5O. The second-order valence-corrected chi connectivity index (χ2v) is 6.88. The van der Waals surface area contributed by atoms with Gasteiger partial charge in [-0.3, -0.25) is 9.78 Å². The number of amides is 1. The average Bonchev–Trinajstić information content (AvgIpc) is 2.79. The second kappa shape index (κ2) is 8.98. The summed E-state index contributed by atoms with van der Waals surface area (Å²) < 4.78 is 0. The zero-order valence-corrected chi connectivity index (χ0v) is 16.0. The van der Waals surface area contributed by atoms with Crippen molar-refractivity contribution in [1.82, 2.24) is 15.0 Å². The molecule has 1 N–H and O–H groups in total. The minimum Gasteiger partial charge on any atom is -0.355 e. The summed E-state index contributed by atoms with van der Waals surface area (Å²) in [5, 5.41) is 3.04. The topological polar surface area (TPSA) is 71.0 Å².